The number of hydrogen-bond acceptors (Lipinski definition) is 5. The molecule has 0 aromatic heterocycles. The van der Waals surface area contributed by atoms with Crippen LogP contribution in [0.2, 0.25) is 0 Å². The summed E-state index contributed by atoms with van der Waals surface area (Å²) in [4.78, 5) is 11.6. The predicted molar refractivity (Wildman–Crippen MR) is 127 cm³/mol. The maximum Gasteiger partial charge on any atom is 0.306 e. The third kappa shape index (κ3) is 25.7. The van der Waals surface area contributed by atoms with Crippen LogP contribution in [-0.4, -0.2) is 35.6 Å². The van der Waals surface area contributed by atoms with Crippen molar-refractivity contribution in [1.82, 2.24) is 4.72 Å². The van der Waals surface area contributed by atoms with Gasteiger partial charge in [0.25, 0.3) is 0 Å². The van der Waals surface area contributed by atoms with Crippen LogP contribution in [0.25, 0.3) is 0 Å². The smallest absolute Gasteiger partial charge is 0.306 e. The zero-order valence-electron chi connectivity index (χ0n) is 20.0. The number of unbranched alkanes of at least 4 members (excludes halogenated alkanes) is 3. The van der Waals surface area contributed by atoms with Crippen LogP contribution in [0.4, 0.5) is 0 Å². The minimum absolute atomic E-state index is 0.0606. The topological polar surface area (TPSA) is 58.6 Å². The van der Waals surface area contributed by atoms with Crippen molar-refractivity contribution in [2.75, 3.05) is 12.4 Å². The van der Waals surface area contributed by atoms with E-state index < -0.39 is 0 Å². The fraction of sp³-hybridized carbons (Fsp3) is 0.957. The Kier molecular flexibility index (Phi) is 33.5. The van der Waals surface area contributed by atoms with Crippen LogP contribution in [0.1, 0.15) is 119 Å². The molecule has 2 atom stereocenters. The highest BCUT2D eigenvalue weighted by Gasteiger charge is 2.15. The number of hydrogen-bond donors (Lipinski definition) is 2. The molecule has 4 nitrogen and oxygen atoms in total. The van der Waals surface area contributed by atoms with E-state index >= 15 is 0 Å². The minimum Gasteiger partial charge on any atom is -0.460 e. The van der Waals surface area contributed by atoms with Crippen molar-refractivity contribution in [3.05, 3.63) is 0 Å². The normalized spacial score (nSPS) is 15.8. The van der Waals surface area contributed by atoms with Gasteiger partial charge in [0.1, 0.15) is 6.10 Å². The average molecular weight is 422 g/mol. The highest BCUT2D eigenvalue weighted by atomic mass is 32.2. The molecule has 172 valence electrons. The van der Waals surface area contributed by atoms with E-state index in [9.17, 15) is 4.79 Å². The Morgan fingerprint density at radius 1 is 1.07 bits per heavy atom. The first kappa shape index (κ1) is 32.4. The van der Waals surface area contributed by atoms with E-state index in [1.807, 2.05) is 13.8 Å². The second-order valence-corrected chi connectivity index (χ2v) is 7.77. The molecule has 0 amide bonds. The van der Waals surface area contributed by atoms with Crippen LogP contribution >= 0.6 is 11.9 Å². The number of nitrogens with one attached hydrogen (secondary N) is 1. The summed E-state index contributed by atoms with van der Waals surface area (Å²) < 4.78 is 8.64. The van der Waals surface area contributed by atoms with Gasteiger partial charge in [-0.2, -0.15) is 0 Å². The number of carbonyl (C=O) groups is 1. The molecule has 0 radical (unpaired) electrons. The number of aliphatic hydroxyl groups excluding tert-OH is 1. The largest absolute Gasteiger partial charge is 0.460 e. The number of rotatable bonds is 11. The van der Waals surface area contributed by atoms with Crippen molar-refractivity contribution in [2.45, 2.75) is 131 Å². The van der Waals surface area contributed by atoms with Gasteiger partial charge in [-0.15, -0.1) is 0 Å². The van der Waals surface area contributed by atoms with E-state index in [1.165, 1.54) is 31.4 Å². The van der Waals surface area contributed by atoms with Crippen LogP contribution in [0, 0.1) is 0 Å². The maximum absolute atomic E-state index is 11.6. The summed E-state index contributed by atoms with van der Waals surface area (Å²) in [6, 6.07) is 0.621. The Morgan fingerprint density at radius 3 is 2.11 bits per heavy atom. The van der Waals surface area contributed by atoms with Gasteiger partial charge in [0.2, 0.25) is 0 Å². The Hall–Kier alpha value is -0.260. The van der Waals surface area contributed by atoms with Crippen molar-refractivity contribution in [3.8, 4) is 0 Å². The molecule has 1 saturated heterocycles. The lowest BCUT2D eigenvalue weighted by molar-refractivity contribution is -0.151. The summed E-state index contributed by atoms with van der Waals surface area (Å²) in [6.07, 6.45) is 11.2. The van der Waals surface area contributed by atoms with Gasteiger partial charge < -0.3 is 9.84 Å². The summed E-state index contributed by atoms with van der Waals surface area (Å²) in [7, 11) is 0. The van der Waals surface area contributed by atoms with E-state index in [4.69, 9.17) is 9.84 Å². The fourth-order valence-corrected chi connectivity index (χ4v) is 3.16. The molecule has 1 aliphatic heterocycles. The monoisotopic (exact) mass is 421 g/mol. The molecule has 0 aliphatic carbocycles. The number of ether oxygens (including phenoxy) is 1. The van der Waals surface area contributed by atoms with Gasteiger partial charge in [0.15, 0.2) is 0 Å². The third-order valence-corrected chi connectivity index (χ3v) is 4.82. The molecule has 0 bridgehead atoms. The highest BCUT2D eigenvalue weighted by molar-refractivity contribution is 7.97. The SMILES string of the molecule is CC.CCC.CCCC.CCCCC(CO)OC(=O)CCCCC1CCSN1. The Balaban J connectivity index is -0.000000589. The second-order valence-electron chi connectivity index (χ2n) is 6.84. The molecule has 1 aliphatic rings. The molecule has 2 N–H and O–H groups in total. The van der Waals surface area contributed by atoms with Crippen molar-refractivity contribution in [1.29, 1.82) is 0 Å². The molecular formula is C23H51NO3S. The van der Waals surface area contributed by atoms with Gasteiger partial charge in [0, 0.05) is 18.2 Å². The van der Waals surface area contributed by atoms with E-state index in [0.717, 1.165) is 38.5 Å². The standard InChI is InChI=1S/C14H27NO3S.C4H10.C3H8.C2H6/c1-2-3-7-13(11-16)18-14(17)8-5-4-6-12-9-10-19-15-12;1-3-4-2;1-3-2;1-2/h12-13,15-16H,2-11H2,1H3;3-4H2,1-2H3;3H2,1-2H3;1-2H3. The number of carbonyl (C=O) groups excluding carboxylic acids is 1. The molecule has 0 aromatic rings. The lowest BCUT2D eigenvalue weighted by atomic mass is 10.1. The van der Waals surface area contributed by atoms with Crippen molar-refractivity contribution in [2.24, 2.45) is 0 Å². The molecule has 0 spiro atoms. The second kappa shape index (κ2) is 28.9. The molecule has 1 fully saturated rings. The zero-order chi connectivity index (χ0) is 22.0. The van der Waals surface area contributed by atoms with Gasteiger partial charge >= 0.3 is 5.97 Å². The van der Waals surface area contributed by atoms with Gasteiger partial charge in [-0.1, -0.05) is 92.5 Å². The first-order valence-corrected chi connectivity index (χ1v) is 12.7. The van der Waals surface area contributed by atoms with E-state index in [-0.39, 0.29) is 18.7 Å². The quantitative estimate of drug-likeness (QED) is 0.216. The summed E-state index contributed by atoms with van der Waals surface area (Å²) in [5, 5.41) is 9.13. The summed E-state index contributed by atoms with van der Waals surface area (Å²) >= 11 is 1.80. The van der Waals surface area contributed by atoms with Crippen molar-refractivity contribution in [3.63, 3.8) is 0 Å². The first-order valence-electron chi connectivity index (χ1n) is 11.8. The summed E-state index contributed by atoms with van der Waals surface area (Å²) in [5.74, 6) is 1.03. The first-order chi connectivity index (χ1) is 13.6. The van der Waals surface area contributed by atoms with Gasteiger partial charge in [-0.25, -0.2) is 0 Å². The van der Waals surface area contributed by atoms with Crippen LogP contribution in [0.15, 0.2) is 0 Å². The Morgan fingerprint density at radius 2 is 1.68 bits per heavy atom. The molecule has 0 aromatic carbocycles. The van der Waals surface area contributed by atoms with E-state index in [2.05, 4.69) is 39.3 Å². The van der Waals surface area contributed by atoms with Crippen LogP contribution in [0.5, 0.6) is 0 Å². The zero-order valence-corrected chi connectivity index (χ0v) is 20.8. The molecule has 2 unspecified atom stereocenters. The van der Waals surface area contributed by atoms with Crippen molar-refractivity contribution >= 4 is 17.9 Å². The summed E-state index contributed by atoms with van der Waals surface area (Å²) in [6.45, 7) is 14.6. The third-order valence-electron chi connectivity index (χ3n) is 3.88. The lowest BCUT2D eigenvalue weighted by Crippen LogP contribution is -2.22. The highest BCUT2D eigenvalue weighted by Crippen LogP contribution is 2.18. The van der Waals surface area contributed by atoms with Gasteiger partial charge in [0.05, 0.1) is 6.61 Å². The molecule has 0 saturated carbocycles. The maximum atomic E-state index is 11.6. The summed E-state index contributed by atoms with van der Waals surface area (Å²) in [5.41, 5.74) is 0. The van der Waals surface area contributed by atoms with E-state index in [1.54, 1.807) is 11.9 Å². The van der Waals surface area contributed by atoms with Gasteiger partial charge in [-0.05, 0) is 32.1 Å². The van der Waals surface area contributed by atoms with Crippen LogP contribution in [0.3, 0.4) is 0 Å². The number of aliphatic hydroxyl groups is 1. The average Bonchev–Trinajstić information content (AvgIpc) is 3.24. The minimum atomic E-state index is -0.305. The van der Waals surface area contributed by atoms with Crippen LogP contribution in [-0.2, 0) is 9.53 Å². The van der Waals surface area contributed by atoms with E-state index in [0.29, 0.717) is 12.5 Å². The van der Waals surface area contributed by atoms with Gasteiger partial charge in [-0.3, -0.25) is 9.52 Å². The number of esters is 1. The van der Waals surface area contributed by atoms with Crippen molar-refractivity contribution < 1.29 is 14.6 Å². The molecular weight excluding hydrogens is 370 g/mol. The Bertz CT molecular complexity index is 283. The molecule has 1 heterocycles. The lowest BCUT2D eigenvalue weighted by Gasteiger charge is -2.15. The predicted octanol–water partition coefficient (Wildman–Crippen LogP) is 6.90. The van der Waals surface area contributed by atoms with Crippen LogP contribution < -0.4 is 4.72 Å². The molecule has 28 heavy (non-hydrogen) atoms. The molecule has 1 rings (SSSR count). The fourth-order valence-electron chi connectivity index (χ4n) is 2.16. The molecule has 5 heteroatoms. The Labute approximate surface area is 181 Å².